The summed E-state index contributed by atoms with van der Waals surface area (Å²) in [7, 11) is 0. The van der Waals surface area contributed by atoms with Gasteiger partial charge >= 0.3 is 0 Å². The van der Waals surface area contributed by atoms with Crippen LogP contribution in [0, 0.1) is 5.21 Å². The van der Waals surface area contributed by atoms with Crippen LogP contribution in [0.25, 0.3) is 0 Å². The van der Waals surface area contributed by atoms with Gasteiger partial charge in [-0.05, 0) is 18.9 Å². The van der Waals surface area contributed by atoms with Crippen molar-refractivity contribution in [2.45, 2.75) is 65.2 Å². The molecule has 0 saturated heterocycles. The average Bonchev–Trinajstić information content (AvgIpc) is 2.60. The van der Waals surface area contributed by atoms with Gasteiger partial charge in [-0.3, -0.25) is 9.59 Å². The number of amides is 2. The molecule has 2 N–H and O–H groups in total. The minimum Gasteiger partial charge on any atom is -0.619 e. The second kappa shape index (κ2) is 12.3. The fraction of sp³-hybridized carbons (Fsp3) is 0.632. The molecular weight excluding hydrogens is 318 g/mol. The molecule has 1 aromatic rings. The van der Waals surface area contributed by atoms with E-state index in [1.165, 1.54) is 18.5 Å². The van der Waals surface area contributed by atoms with E-state index in [2.05, 4.69) is 24.5 Å². The fourth-order valence-electron chi connectivity index (χ4n) is 2.51. The van der Waals surface area contributed by atoms with Crippen molar-refractivity contribution in [1.82, 2.24) is 10.6 Å². The normalized spacial score (nSPS) is 10.5. The lowest BCUT2D eigenvalue weighted by Crippen LogP contribution is -2.34. The Labute approximate surface area is 150 Å². The first kappa shape index (κ1) is 20.9. The number of hydrogen-bond acceptors (Lipinski definition) is 3. The third kappa shape index (κ3) is 8.52. The van der Waals surface area contributed by atoms with E-state index in [1.54, 1.807) is 0 Å². The molecule has 0 aliphatic rings. The summed E-state index contributed by atoms with van der Waals surface area (Å²) < 4.78 is 0.512. The smallest absolute Gasteiger partial charge is 0.257 e. The lowest BCUT2D eigenvalue weighted by molar-refractivity contribution is -0.605. The summed E-state index contributed by atoms with van der Waals surface area (Å²) in [4.78, 5) is 24.3. The minimum absolute atomic E-state index is 0.212. The van der Waals surface area contributed by atoms with Crippen LogP contribution in [-0.2, 0) is 0 Å². The van der Waals surface area contributed by atoms with E-state index in [0.29, 0.717) is 17.8 Å². The van der Waals surface area contributed by atoms with Crippen LogP contribution in [-0.4, -0.2) is 24.9 Å². The highest BCUT2D eigenvalue weighted by Gasteiger charge is 2.15. The summed E-state index contributed by atoms with van der Waals surface area (Å²) in [5.74, 6) is -0.641. The van der Waals surface area contributed by atoms with Gasteiger partial charge in [0.2, 0.25) is 0 Å². The Bertz CT molecular complexity index is 502. The highest BCUT2D eigenvalue weighted by atomic mass is 16.5. The number of aromatic nitrogens is 1. The largest absolute Gasteiger partial charge is 0.619 e. The van der Waals surface area contributed by atoms with Crippen molar-refractivity contribution in [3.05, 3.63) is 34.8 Å². The van der Waals surface area contributed by atoms with Crippen molar-refractivity contribution >= 4 is 11.8 Å². The maximum atomic E-state index is 12.1. The lowest BCUT2D eigenvalue weighted by Gasteiger charge is -2.08. The van der Waals surface area contributed by atoms with E-state index in [4.69, 9.17) is 0 Å². The molecule has 140 valence electrons. The Balaban J connectivity index is 2.53. The molecule has 0 atom stereocenters. The molecule has 6 nitrogen and oxygen atoms in total. The van der Waals surface area contributed by atoms with Gasteiger partial charge in [0.15, 0.2) is 12.4 Å². The van der Waals surface area contributed by atoms with E-state index < -0.39 is 0 Å². The van der Waals surface area contributed by atoms with Crippen molar-refractivity contribution < 1.29 is 14.3 Å². The highest BCUT2D eigenvalue weighted by molar-refractivity contribution is 5.98. The van der Waals surface area contributed by atoms with E-state index in [1.807, 2.05) is 0 Å². The molecule has 25 heavy (non-hydrogen) atoms. The first-order chi connectivity index (χ1) is 12.1. The van der Waals surface area contributed by atoms with Gasteiger partial charge in [-0.2, -0.15) is 4.73 Å². The Morgan fingerprint density at radius 3 is 1.68 bits per heavy atom. The Kier molecular flexibility index (Phi) is 10.3. The molecule has 1 aromatic heterocycles. The number of carbonyl (C=O) groups is 2. The molecule has 6 heteroatoms. The van der Waals surface area contributed by atoms with Crippen LogP contribution in [0.2, 0.25) is 0 Å². The molecule has 0 aliphatic carbocycles. The first-order valence-corrected chi connectivity index (χ1v) is 9.38. The summed E-state index contributed by atoms with van der Waals surface area (Å²) >= 11 is 0. The average molecular weight is 349 g/mol. The van der Waals surface area contributed by atoms with Gasteiger partial charge in [-0.15, -0.1) is 0 Å². The maximum absolute atomic E-state index is 12.1. The molecule has 0 fully saturated rings. The first-order valence-electron chi connectivity index (χ1n) is 9.38. The molecule has 0 bridgehead atoms. The number of pyridine rings is 1. The number of nitrogens with zero attached hydrogens (tertiary/aromatic N) is 1. The van der Waals surface area contributed by atoms with Crippen molar-refractivity contribution in [1.29, 1.82) is 0 Å². The number of unbranched alkanes of at least 4 members (excludes halogenated alkanes) is 6. The Morgan fingerprint density at radius 2 is 1.28 bits per heavy atom. The molecule has 1 rings (SSSR count). The molecule has 0 radical (unpaired) electrons. The maximum Gasteiger partial charge on any atom is 0.257 e. The van der Waals surface area contributed by atoms with E-state index >= 15 is 0 Å². The molecule has 0 aliphatic heterocycles. The van der Waals surface area contributed by atoms with Gasteiger partial charge in [0, 0.05) is 13.1 Å². The van der Waals surface area contributed by atoms with Crippen LogP contribution in [0.3, 0.4) is 0 Å². The summed E-state index contributed by atoms with van der Waals surface area (Å²) in [5, 5.41) is 17.3. The Hall–Kier alpha value is -2.11. The molecule has 1 heterocycles. The Morgan fingerprint density at radius 1 is 0.840 bits per heavy atom. The van der Waals surface area contributed by atoms with Crippen LogP contribution in [0.5, 0.6) is 0 Å². The number of nitrogens with one attached hydrogen (secondary N) is 2. The molecule has 0 spiro atoms. The fourth-order valence-corrected chi connectivity index (χ4v) is 2.51. The molecule has 0 unspecified atom stereocenters. The lowest BCUT2D eigenvalue weighted by atomic mass is 10.1. The van der Waals surface area contributed by atoms with Gasteiger partial charge in [0.05, 0.1) is 0 Å². The van der Waals surface area contributed by atoms with Gasteiger partial charge in [0.25, 0.3) is 11.8 Å². The van der Waals surface area contributed by atoms with Crippen LogP contribution in [0.1, 0.15) is 85.9 Å². The van der Waals surface area contributed by atoms with E-state index in [-0.39, 0.29) is 22.9 Å². The predicted octanol–water partition coefficient (Wildman–Crippen LogP) is 2.94. The van der Waals surface area contributed by atoms with Crippen molar-refractivity contribution in [3.63, 3.8) is 0 Å². The van der Waals surface area contributed by atoms with Gasteiger partial charge in [0.1, 0.15) is 11.1 Å². The standard InChI is InChI=1S/C19H31N3O3/c1-3-5-7-9-11-20-18(23)16-13-17(15-22(25)14-16)19(24)21-12-10-8-6-4-2/h13-15H,3-12H2,1-2H3,(H,20,23)(H,21,24). The molecule has 2 amide bonds. The summed E-state index contributed by atoms with van der Waals surface area (Å²) in [6.45, 7) is 5.41. The third-order valence-corrected chi connectivity index (χ3v) is 4.00. The number of carbonyl (C=O) groups excluding carboxylic acids is 2. The van der Waals surface area contributed by atoms with Crippen molar-refractivity contribution in [3.8, 4) is 0 Å². The highest BCUT2D eigenvalue weighted by Crippen LogP contribution is 2.04. The second-order valence-corrected chi connectivity index (χ2v) is 6.31. The van der Waals surface area contributed by atoms with Crippen LogP contribution in [0.4, 0.5) is 0 Å². The minimum atomic E-state index is -0.321. The predicted molar refractivity (Wildman–Crippen MR) is 98.4 cm³/mol. The summed E-state index contributed by atoms with van der Waals surface area (Å²) in [5.41, 5.74) is 0.424. The van der Waals surface area contributed by atoms with Gasteiger partial charge in [-0.25, -0.2) is 0 Å². The van der Waals surface area contributed by atoms with E-state index in [9.17, 15) is 14.8 Å². The topological polar surface area (TPSA) is 85.1 Å². The van der Waals surface area contributed by atoms with Crippen LogP contribution >= 0.6 is 0 Å². The zero-order valence-electron chi connectivity index (χ0n) is 15.5. The second-order valence-electron chi connectivity index (χ2n) is 6.31. The van der Waals surface area contributed by atoms with Crippen LogP contribution in [0.15, 0.2) is 18.5 Å². The zero-order chi connectivity index (χ0) is 18.5. The molecule has 0 saturated carbocycles. The number of rotatable bonds is 12. The SMILES string of the molecule is CCCCCCNC(=O)c1cc(C(=O)NCCCCCC)c[n+]([O-])c1. The van der Waals surface area contributed by atoms with E-state index in [0.717, 1.165) is 51.4 Å². The van der Waals surface area contributed by atoms with Crippen LogP contribution < -0.4 is 15.4 Å². The summed E-state index contributed by atoms with van der Waals surface area (Å²) in [6, 6.07) is 1.47. The van der Waals surface area contributed by atoms with Gasteiger partial charge in [-0.1, -0.05) is 52.4 Å². The van der Waals surface area contributed by atoms with Crippen molar-refractivity contribution in [2.24, 2.45) is 0 Å². The quantitative estimate of drug-likeness (QED) is 0.346. The monoisotopic (exact) mass is 349 g/mol. The van der Waals surface area contributed by atoms with Crippen molar-refractivity contribution in [2.75, 3.05) is 13.1 Å². The third-order valence-electron chi connectivity index (χ3n) is 4.00. The number of hydrogen-bond donors (Lipinski definition) is 2. The molecular formula is C19H31N3O3. The zero-order valence-corrected chi connectivity index (χ0v) is 15.5. The van der Waals surface area contributed by atoms with Gasteiger partial charge < -0.3 is 15.8 Å². The molecule has 0 aromatic carbocycles. The summed E-state index contributed by atoms with van der Waals surface area (Å²) in [6.07, 6.45) is 10.9.